The molecule has 0 radical (unpaired) electrons. The normalized spacial score (nSPS) is 12.0. The number of hydrogen-bond acceptors (Lipinski definition) is 2. The molecule has 5 aromatic carbocycles. The Kier molecular flexibility index (Phi) is 4.51. The number of hydrogen-bond donors (Lipinski definition) is 3. The lowest BCUT2D eigenvalue weighted by atomic mass is 9.99. The van der Waals surface area contributed by atoms with E-state index in [2.05, 4.69) is 97.6 Å². The minimum Gasteiger partial charge on any atom is -0.361 e. The summed E-state index contributed by atoms with van der Waals surface area (Å²) in [5.74, 6) is 0.804. The van der Waals surface area contributed by atoms with Gasteiger partial charge in [-0.05, 0) is 53.2 Å². The van der Waals surface area contributed by atoms with Crippen LogP contribution in [-0.4, -0.2) is 26.2 Å². The predicted molar refractivity (Wildman–Crippen MR) is 159 cm³/mol. The van der Waals surface area contributed by atoms with Crippen LogP contribution in [0.3, 0.4) is 0 Å². The van der Waals surface area contributed by atoms with Gasteiger partial charge in [0, 0.05) is 50.3 Å². The van der Waals surface area contributed by atoms with E-state index in [-0.39, 0.29) is 0 Å². The van der Waals surface area contributed by atoms with E-state index >= 15 is 0 Å². The second-order valence-electron chi connectivity index (χ2n) is 9.37. The molecule has 0 saturated carbocycles. The van der Waals surface area contributed by atoms with Gasteiger partial charge in [0.05, 0.1) is 33.2 Å². The monoisotopic (exact) mass is 551 g/mol. The van der Waals surface area contributed by atoms with Crippen molar-refractivity contribution in [1.82, 2.24) is 19.9 Å². The van der Waals surface area contributed by atoms with Crippen LogP contribution in [0.5, 0.6) is 0 Å². The number of rotatable bonds is 3. The van der Waals surface area contributed by atoms with Gasteiger partial charge in [-0.2, -0.15) is 0 Å². The van der Waals surface area contributed by atoms with Crippen LogP contribution < -0.4 is 0 Å². The Balaban J connectivity index is 1.33. The molecule has 0 aliphatic rings. The average molecular weight is 552 g/mol. The number of H-pyrrole nitrogens is 3. The molecule has 38 heavy (non-hydrogen) atoms. The summed E-state index contributed by atoms with van der Waals surface area (Å²) in [7, 11) is 0. The fourth-order valence-electron chi connectivity index (χ4n) is 5.37. The van der Waals surface area contributed by atoms with Crippen LogP contribution in [0.25, 0.3) is 65.8 Å². The minimum atomic E-state index is 0.804. The summed E-state index contributed by atoms with van der Waals surface area (Å²) in [6.07, 6.45) is 5.88. The van der Waals surface area contributed by atoms with E-state index in [9.17, 15) is 0 Å². The lowest BCUT2D eigenvalue weighted by Gasteiger charge is -2.07. The number of halogens is 1. The first-order valence-corrected chi connectivity index (χ1v) is 13.1. The number of fused-ring (bicyclic) bond motifs is 8. The van der Waals surface area contributed by atoms with Gasteiger partial charge < -0.3 is 15.0 Å². The molecule has 0 atom stereocenters. The van der Waals surface area contributed by atoms with E-state index in [0.717, 1.165) is 76.1 Å². The molecule has 178 valence electrons. The lowest BCUT2D eigenvalue weighted by molar-refractivity contribution is 1.34. The van der Waals surface area contributed by atoms with Crippen molar-refractivity contribution in [3.05, 3.63) is 107 Å². The van der Waals surface area contributed by atoms with Gasteiger partial charge in [-0.1, -0.05) is 58.4 Å². The molecule has 0 amide bonds. The number of imidazole rings is 1. The second kappa shape index (κ2) is 8.07. The third-order valence-corrected chi connectivity index (χ3v) is 7.67. The van der Waals surface area contributed by atoms with Crippen molar-refractivity contribution >= 4 is 82.2 Å². The maximum absolute atomic E-state index is 5.11. The third-order valence-electron chi connectivity index (χ3n) is 7.17. The molecule has 0 saturated heterocycles. The SMILES string of the molecule is Brc1ccc2[nH]cc(C=Nc3ccc4c5ccccc5c5[nH]c(-c6c[nH]c7ccc#cc67)nc5c4c3)c2c1. The summed E-state index contributed by atoms with van der Waals surface area (Å²) >= 11 is 3.57. The summed E-state index contributed by atoms with van der Waals surface area (Å²) < 4.78 is 1.04. The first-order chi connectivity index (χ1) is 18.7. The fraction of sp³-hybridized carbons (Fsp3) is 0. The van der Waals surface area contributed by atoms with Gasteiger partial charge in [-0.25, -0.2) is 4.98 Å². The standard InChI is InChI=1S/C32H18BrN5/c33-19-9-12-29-25(13-19)18(16-35-29)15-34-20-10-11-22-21-5-1-2-7-24(21)30-31(26(22)14-20)38-32(37-30)27-17-36-28-8-4-3-6-23(27)28/h1-2,4-5,7-17,35-36H,(H,37,38). The smallest absolute Gasteiger partial charge is 0.141 e. The van der Waals surface area contributed by atoms with Gasteiger partial charge in [-0.3, -0.25) is 4.99 Å². The van der Waals surface area contributed by atoms with Crippen LogP contribution in [0, 0.1) is 12.1 Å². The molecule has 0 unspecified atom stereocenters. The van der Waals surface area contributed by atoms with Crippen LogP contribution >= 0.6 is 15.9 Å². The lowest BCUT2D eigenvalue weighted by Crippen LogP contribution is -1.83. The van der Waals surface area contributed by atoms with Crippen molar-refractivity contribution in [3.63, 3.8) is 0 Å². The Morgan fingerprint density at radius 2 is 1.68 bits per heavy atom. The zero-order valence-electron chi connectivity index (χ0n) is 19.9. The first kappa shape index (κ1) is 21.2. The van der Waals surface area contributed by atoms with Gasteiger partial charge in [-0.15, -0.1) is 0 Å². The Labute approximate surface area is 225 Å². The first-order valence-electron chi connectivity index (χ1n) is 12.3. The summed E-state index contributed by atoms with van der Waals surface area (Å²) in [6.45, 7) is 0. The van der Waals surface area contributed by atoms with Gasteiger partial charge in [0.2, 0.25) is 0 Å². The molecule has 0 fully saturated rings. The average Bonchev–Trinajstić information content (AvgIpc) is 3.68. The highest BCUT2D eigenvalue weighted by Gasteiger charge is 2.16. The van der Waals surface area contributed by atoms with Crippen LogP contribution in [0.1, 0.15) is 5.56 Å². The minimum absolute atomic E-state index is 0.804. The van der Waals surface area contributed by atoms with Gasteiger partial charge in [0.15, 0.2) is 0 Å². The van der Waals surface area contributed by atoms with E-state index in [4.69, 9.17) is 9.98 Å². The number of benzene rings is 4. The molecular formula is C32H18BrN5. The predicted octanol–water partition coefficient (Wildman–Crippen LogP) is 8.61. The molecule has 5 nitrogen and oxygen atoms in total. The number of aromatic nitrogens is 4. The van der Waals surface area contributed by atoms with Crippen LogP contribution in [0.4, 0.5) is 5.69 Å². The zero-order chi connectivity index (χ0) is 25.2. The van der Waals surface area contributed by atoms with Crippen molar-refractivity contribution in [2.75, 3.05) is 0 Å². The second-order valence-corrected chi connectivity index (χ2v) is 10.3. The molecule has 3 aromatic heterocycles. The summed E-state index contributed by atoms with van der Waals surface area (Å²) in [4.78, 5) is 20.2. The van der Waals surface area contributed by atoms with Crippen molar-refractivity contribution in [2.24, 2.45) is 4.99 Å². The Morgan fingerprint density at radius 3 is 2.63 bits per heavy atom. The quantitative estimate of drug-likeness (QED) is 0.149. The molecule has 6 heteroatoms. The van der Waals surface area contributed by atoms with Crippen LogP contribution in [-0.2, 0) is 0 Å². The zero-order valence-corrected chi connectivity index (χ0v) is 21.5. The highest BCUT2D eigenvalue weighted by molar-refractivity contribution is 9.10. The molecule has 0 spiro atoms. The summed E-state index contributed by atoms with van der Waals surface area (Å²) in [5.41, 5.74) is 6.92. The van der Waals surface area contributed by atoms with Gasteiger partial charge >= 0.3 is 0 Å². The van der Waals surface area contributed by atoms with Crippen molar-refractivity contribution < 1.29 is 0 Å². The number of aromatic amines is 3. The Bertz CT molecular complexity index is 2210. The molecule has 0 bridgehead atoms. The maximum atomic E-state index is 5.11. The van der Waals surface area contributed by atoms with Crippen LogP contribution in [0.2, 0.25) is 0 Å². The van der Waals surface area contributed by atoms with Gasteiger partial charge in [0.25, 0.3) is 0 Å². The highest BCUT2D eigenvalue weighted by atomic mass is 79.9. The molecule has 0 aliphatic heterocycles. The third kappa shape index (κ3) is 3.19. The van der Waals surface area contributed by atoms with E-state index < -0.39 is 0 Å². The molecule has 0 aliphatic carbocycles. The number of nitrogens with one attached hydrogen (secondary N) is 3. The van der Waals surface area contributed by atoms with Crippen molar-refractivity contribution in [2.45, 2.75) is 0 Å². The molecule has 3 N–H and O–H groups in total. The highest BCUT2D eigenvalue weighted by Crippen LogP contribution is 2.38. The van der Waals surface area contributed by atoms with E-state index in [1.165, 1.54) is 5.39 Å². The molecule has 3 heterocycles. The number of aliphatic imine (C=N–C) groups is 1. The van der Waals surface area contributed by atoms with E-state index in [1.54, 1.807) is 0 Å². The maximum Gasteiger partial charge on any atom is 0.141 e. The largest absolute Gasteiger partial charge is 0.361 e. The van der Waals surface area contributed by atoms with Crippen molar-refractivity contribution in [1.29, 1.82) is 0 Å². The Morgan fingerprint density at radius 1 is 0.816 bits per heavy atom. The summed E-state index contributed by atoms with van der Waals surface area (Å²) in [5, 5.41) is 6.64. The van der Waals surface area contributed by atoms with Crippen molar-refractivity contribution in [3.8, 4) is 11.4 Å². The fourth-order valence-corrected chi connectivity index (χ4v) is 5.73. The summed E-state index contributed by atoms with van der Waals surface area (Å²) in [6, 6.07) is 31.2. The molecule has 8 aromatic rings. The molecular weight excluding hydrogens is 534 g/mol. The number of nitrogens with zero attached hydrogens (tertiary/aromatic N) is 2. The molecule has 8 rings (SSSR count). The van der Waals surface area contributed by atoms with E-state index in [1.807, 2.05) is 36.8 Å². The topological polar surface area (TPSA) is 72.6 Å². The van der Waals surface area contributed by atoms with Crippen LogP contribution in [0.15, 0.2) is 94.7 Å². The van der Waals surface area contributed by atoms with E-state index in [0.29, 0.717) is 0 Å². The Hall–Kier alpha value is -4.86. The van der Waals surface area contributed by atoms with Gasteiger partial charge in [0.1, 0.15) is 5.82 Å².